The second kappa shape index (κ2) is 8.23. The Morgan fingerprint density at radius 2 is 1.88 bits per heavy atom. The fourth-order valence-electron chi connectivity index (χ4n) is 2.97. The molecule has 134 valence electrons. The molecule has 1 saturated heterocycles. The van der Waals surface area contributed by atoms with Gasteiger partial charge in [0.25, 0.3) is 0 Å². The van der Waals surface area contributed by atoms with E-state index in [9.17, 15) is 4.79 Å². The molecule has 7 heteroatoms. The number of furan rings is 1. The summed E-state index contributed by atoms with van der Waals surface area (Å²) in [5, 5.41) is 3.89. The topological polar surface area (TPSA) is 48.7 Å². The van der Waals surface area contributed by atoms with Crippen molar-refractivity contribution in [3.8, 4) is 0 Å². The van der Waals surface area contributed by atoms with E-state index < -0.39 is 0 Å². The maximum Gasteiger partial charge on any atom is 0.241 e. The summed E-state index contributed by atoms with van der Waals surface area (Å²) in [5.41, 5.74) is 0.616. The number of hydrogen-bond acceptors (Lipinski definition) is 4. The monoisotopic (exact) mass is 381 g/mol. The average Bonchev–Trinajstić information content (AvgIpc) is 3.07. The SMILES string of the molecule is CC(C(=O)Nc1cc(Cl)cc(Cl)c1)N1CCN(Cc2ccco2)CC1. The first-order valence-corrected chi connectivity index (χ1v) is 9.02. The van der Waals surface area contributed by atoms with Crippen LogP contribution in [0.5, 0.6) is 0 Å². The van der Waals surface area contributed by atoms with Crippen molar-refractivity contribution >= 4 is 34.8 Å². The van der Waals surface area contributed by atoms with Crippen LogP contribution in [0.1, 0.15) is 12.7 Å². The number of nitrogens with one attached hydrogen (secondary N) is 1. The lowest BCUT2D eigenvalue weighted by Gasteiger charge is -2.37. The maximum atomic E-state index is 12.5. The highest BCUT2D eigenvalue weighted by molar-refractivity contribution is 6.35. The van der Waals surface area contributed by atoms with E-state index in [4.69, 9.17) is 27.6 Å². The van der Waals surface area contributed by atoms with Crippen molar-refractivity contribution in [1.29, 1.82) is 0 Å². The van der Waals surface area contributed by atoms with Crippen LogP contribution < -0.4 is 5.32 Å². The Bertz CT molecular complexity index is 693. The number of halogens is 2. The molecule has 1 unspecified atom stereocenters. The molecule has 1 aromatic heterocycles. The van der Waals surface area contributed by atoms with Gasteiger partial charge in [-0.25, -0.2) is 0 Å². The summed E-state index contributed by atoms with van der Waals surface area (Å²) >= 11 is 12.0. The minimum absolute atomic E-state index is 0.0576. The summed E-state index contributed by atoms with van der Waals surface area (Å²) in [6.45, 7) is 6.21. The molecule has 2 heterocycles. The maximum absolute atomic E-state index is 12.5. The Labute approximate surface area is 157 Å². The Morgan fingerprint density at radius 3 is 2.48 bits per heavy atom. The quantitative estimate of drug-likeness (QED) is 0.856. The summed E-state index contributed by atoms with van der Waals surface area (Å²) in [5.74, 6) is 0.912. The molecule has 0 bridgehead atoms. The van der Waals surface area contributed by atoms with Gasteiger partial charge in [0, 0.05) is 41.9 Å². The van der Waals surface area contributed by atoms with Crippen LogP contribution in [0, 0.1) is 0 Å². The van der Waals surface area contributed by atoms with Gasteiger partial charge in [0.15, 0.2) is 0 Å². The highest BCUT2D eigenvalue weighted by atomic mass is 35.5. The van der Waals surface area contributed by atoms with E-state index in [0.29, 0.717) is 15.7 Å². The summed E-state index contributed by atoms with van der Waals surface area (Å²) in [4.78, 5) is 17.0. The zero-order chi connectivity index (χ0) is 17.8. The number of hydrogen-bond donors (Lipinski definition) is 1. The van der Waals surface area contributed by atoms with Crippen LogP contribution in [-0.2, 0) is 11.3 Å². The van der Waals surface area contributed by atoms with Gasteiger partial charge in [0.1, 0.15) is 5.76 Å². The summed E-state index contributed by atoms with van der Waals surface area (Å²) in [6, 6.07) is 8.70. The van der Waals surface area contributed by atoms with Crippen LogP contribution >= 0.6 is 23.2 Å². The van der Waals surface area contributed by atoms with E-state index in [2.05, 4.69) is 15.1 Å². The summed E-state index contributed by atoms with van der Waals surface area (Å²) < 4.78 is 5.39. The van der Waals surface area contributed by atoms with Crippen LogP contribution in [0.25, 0.3) is 0 Å². The fourth-order valence-corrected chi connectivity index (χ4v) is 3.50. The molecule has 2 aromatic rings. The molecule has 1 aliphatic rings. The predicted octanol–water partition coefficient (Wildman–Crippen LogP) is 3.73. The van der Waals surface area contributed by atoms with Gasteiger partial charge in [0.2, 0.25) is 5.91 Å². The van der Waals surface area contributed by atoms with Crippen molar-refractivity contribution in [3.63, 3.8) is 0 Å². The minimum atomic E-state index is -0.219. The summed E-state index contributed by atoms with van der Waals surface area (Å²) in [7, 11) is 0. The number of piperazine rings is 1. The molecule has 3 rings (SSSR count). The van der Waals surface area contributed by atoms with Gasteiger partial charge in [-0.15, -0.1) is 0 Å². The average molecular weight is 382 g/mol. The first-order valence-electron chi connectivity index (χ1n) is 8.27. The molecule has 25 heavy (non-hydrogen) atoms. The normalized spacial score (nSPS) is 17.4. The number of benzene rings is 1. The van der Waals surface area contributed by atoms with Crippen LogP contribution in [0.15, 0.2) is 41.0 Å². The van der Waals surface area contributed by atoms with Gasteiger partial charge < -0.3 is 9.73 Å². The van der Waals surface area contributed by atoms with E-state index in [-0.39, 0.29) is 11.9 Å². The zero-order valence-corrected chi connectivity index (χ0v) is 15.6. The van der Waals surface area contributed by atoms with Gasteiger partial charge >= 0.3 is 0 Å². The number of anilines is 1. The molecule has 5 nitrogen and oxygen atoms in total. The van der Waals surface area contributed by atoms with E-state index in [1.165, 1.54) is 0 Å². The number of nitrogens with zero attached hydrogens (tertiary/aromatic N) is 2. The first-order chi connectivity index (χ1) is 12.0. The molecule has 0 saturated carbocycles. The van der Waals surface area contributed by atoms with E-state index in [1.807, 2.05) is 19.1 Å². The van der Waals surface area contributed by atoms with E-state index in [1.54, 1.807) is 24.5 Å². The van der Waals surface area contributed by atoms with Crippen molar-refractivity contribution in [2.45, 2.75) is 19.5 Å². The molecule has 1 aromatic carbocycles. The van der Waals surface area contributed by atoms with Gasteiger partial charge in [-0.05, 0) is 37.3 Å². The third-order valence-corrected chi connectivity index (χ3v) is 4.86. The number of rotatable bonds is 5. The van der Waals surface area contributed by atoms with Crippen LogP contribution in [0.4, 0.5) is 5.69 Å². The highest BCUT2D eigenvalue weighted by Gasteiger charge is 2.26. The second-order valence-electron chi connectivity index (χ2n) is 6.21. The van der Waals surface area contributed by atoms with Crippen LogP contribution in [0.3, 0.4) is 0 Å². The Kier molecular flexibility index (Phi) is 6.02. The first kappa shape index (κ1) is 18.3. The lowest BCUT2D eigenvalue weighted by Crippen LogP contribution is -2.52. The van der Waals surface area contributed by atoms with Crippen molar-refractivity contribution in [3.05, 3.63) is 52.4 Å². The smallest absolute Gasteiger partial charge is 0.241 e. The lowest BCUT2D eigenvalue weighted by molar-refractivity contribution is -0.121. The largest absolute Gasteiger partial charge is 0.468 e. The summed E-state index contributed by atoms with van der Waals surface area (Å²) in [6.07, 6.45) is 1.69. The molecule has 1 fully saturated rings. The van der Waals surface area contributed by atoms with Crippen molar-refractivity contribution < 1.29 is 9.21 Å². The fraction of sp³-hybridized carbons (Fsp3) is 0.389. The van der Waals surface area contributed by atoms with Crippen LogP contribution in [-0.4, -0.2) is 47.9 Å². The van der Waals surface area contributed by atoms with E-state index in [0.717, 1.165) is 38.5 Å². The highest BCUT2D eigenvalue weighted by Crippen LogP contribution is 2.23. The number of carbonyl (C=O) groups is 1. The third-order valence-electron chi connectivity index (χ3n) is 4.42. The predicted molar refractivity (Wildman–Crippen MR) is 100 cm³/mol. The number of carbonyl (C=O) groups excluding carboxylic acids is 1. The molecular formula is C18H21Cl2N3O2. The molecule has 0 spiro atoms. The van der Waals surface area contributed by atoms with Crippen molar-refractivity contribution in [2.24, 2.45) is 0 Å². The lowest BCUT2D eigenvalue weighted by atomic mass is 10.2. The Balaban J connectivity index is 1.51. The van der Waals surface area contributed by atoms with Crippen molar-refractivity contribution in [2.75, 3.05) is 31.5 Å². The Hall–Kier alpha value is -1.53. The molecule has 0 aliphatic carbocycles. The molecule has 0 radical (unpaired) electrons. The molecular weight excluding hydrogens is 361 g/mol. The van der Waals surface area contributed by atoms with Gasteiger partial charge in [-0.2, -0.15) is 0 Å². The minimum Gasteiger partial charge on any atom is -0.468 e. The zero-order valence-electron chi connectivity index (χ0n) is 14.0. The third kappa shape index (κ3) is 4.98. The Morgan fingerprint density at radius 1 is 1.20 bits per heavy atom. The molecule has 1 atom stereocenters. The molecule has 1 N–H and O–H groups in total. The van der Waals surface area contributed by atoms with Gasteiger partial charge in [-0.3, -0.25) is 14.6 Å². The van der Waals surface area contributed by atoms with E-state index >= 15 is 0 Å². The standard InChI is InChI=1S/C18H21Cl2N3O2/c1-13(18(24)21-16-10-14(19)9-15(20)11-16)23-6-4-22(5-7-23)12-17-3-2-8-25-17/h2-3,8-11,13H,4-7,12H2,1H3,(H,21,24). The second-order valence-corrected chi connectivity index (χ2v) is 7.09. The van der Waals surface area contributed by atoms with Gasteiger partial charge in [-0.1, -0.05) is 23.2 Å². The molecule has 1 aliphatic heterocycles. The van der Waals surface area contributed by atoms with Crippen molar-refractivity contribution in [1.82, 2.24) is 9.80 Å². The number of amides is 1. The van der Waals surface area contributed by atoms with Crippen LogP contribution in [0.2, 0.25) is 10.0 Å². The van der Waals surface area contributed by atoms with Gasteiger partial charge in [0.05, 0.1) is 18.8 Å². The molecule has 1 amide bonds.